The summed E-state index contributed by atoms with van der Waals surface area (Å²) >= 11 is 1.76. The molecule has 0 spiro atoms. The fourth-order valence-corrected chi connectivity index (χ4v) is 4.73. The van der Waals surface area contributed by atoms with Crippen LogP contribution in [-0.4, -0.2) is 32.5 Å². The van der Waals surface area contributed by atoms with E-state index < -0.39 is 10.0 Å². The lowest BCUT2D eigenvalue weighted by Gasteiger charge is -2.22. The highest BCUT2D eigenvalue weighted by Crippen LogP contribution is 2.20. The molecule has 21 heavy (non-hydrogen) atoms. The standard InChI is InChI=1S/C14H21FN2O2S2/c1-2-16-9-11-8-13(5-6-14(11)15)21(18,19)17-12-4-3-7-20-10-12/h5-6,8,12,16-17H,2-4,7,9-10H2,1H3. The molecule has 0 bridgehead atoms. The molecule has 0 saturated carbocycles. The average molecular weight is 332 g/mol. The lowest BCUT2D eigenvalue weighted by Crippen LogP contribution is -2.38. The van der Waals surface area contributed by atoms with Crippen molar-refractivity contribution in [1.82, 2.24) is 10.0 Å². The first-order chi connectivity index (χ1) is 10.0. The molecule has 0 aromatic heterocycles. The number of sulfonamides is 1. The smallest absolute Gasteiger partial charge is 0.240 e. The maximum atomic E-state index is 13.7. The molecule has 7 heteroatoms. The Kier molecular flexibility index (Phi) is 6.04. The van der Waals surface area contributed by atoms with Gasteiger partial charge in [0.2, 0.25) is 10.0 Å². The lowest BCUT2D eigenvalue weighted by molar-refractivity contribution is 0.542. The second-order valence-corrected chi connectivity index (χ2v) is 7.93. The first kappa shape index (κ1) is 16.7. The van der Waals surface area contributed by atoms with E-state index in [-0.39, 0.29) is 16.8 Å². The Morgan fingerprint density at radius 2 is 2.24 bits per heavy atom. The number of thioether (sulfide) groups is 1. The molecule has 0 aliphatic carbocycles. The summed E-state index contributed by atoms with van der Waals surface area (Å²) in [4.78, 5) is 0.132. The van der Waals surface area contributed by atoms with Gasteiger partial charge in [-0.15, -0.1) is 0 Å². The SMILES string of the molecule is CCNCc1cc(S(=O)(=O)NC2CCCSC2)ccc1F. The minimum Gasteiger partial charge on any atom is -0.313 e. The van der Waals surface area contributed by atoms with Crippen LogP contribution in [0.3, 0.4) is 0 Å². The molecule has 0 amide bonds. The quantitative estimate of drug-likeness (QED) is 0.838. The summed E-state index contributed by atoms with van der Waals surface area (Å²) in [5.74, 6) is 1.50. The van der Waals surface area contributed by atoms with Gasteiger partial charge in [0.15, 0.2) is 0 Å². The van der Waals surface area contributed by atoms with E-state index in [0.29, 0.717) is 18.7 Å². The highest BCUT2D eigenvalue weighted by atomic mass is 32.2. The number of rotatable bonds is 6. The van der Waals surface area contributed by atoms with E-state index >= 15 is 0 Å². The van der Waals surface area contributed by atoms with Gasteiger partial charge in [-0.25, -0.2) is 17.5 Å². The van der Waals surface area contributed by atoms with Crippen LogP contribution in [0.15, 0.2) is 23.1 Å². The zero-order valence-electron chi connectivity index (χ0n) is 12.1. The first-order valence-electron chi connectivity index (χ1n) is 7.12. The average Bonchev–Trinajstić information content (AvgIpc) is 2.47. The molecule has 1 aliphatic rings. The third-order valence-corrected chi connectivity index (χ3v) is 6.11. The van der Waals surface area contributed by atoms with Crippen LogP contribution in [0, 0.1) is 5.82 Å². The van der Waals surface area contributed by atoms with Crippen molar-refractivity contribution in [1.29, 1.82) is 0 Å². The van der Waals surface area contributed by atoms with Crippen molar-refractivity contribution >= 4 is 21.8 Å². The molecule has 1 aromatic rings. The van der Waals surface area contributed by atoms with Crippen LogP contribution in [0.5, 0.6) is 0 Å². The Morgan fingerprint density at radius 1 is 1.43 bits per heavy atom. The molecule has 4 nitrogen and oxygen atoms in total. The molecular weight excluding hydrogens is 311 g/mol. The predicted octanol–water partition coefficient (Wildman–Crippen LogP) is 2.11. The molecular formula is C14H21FN2O2S2. The van der Waals surface area contributed by atoms with Gasteiger partial charge in [-0.3, -0.25) is 0 Å². The van der Waals surface area contributed by atoms with Crippen molar-refractivity contribution < 1.29 is 12.8 Å². The third-order valence-electron chi connectivity index (χ3n) is 3.38. The van der Waals surface area contributed by atoms with Crippen LogP contribution in [0.4, 0.5) is 4.39 Å². The fraction of sp³-hybridized carbons (Fsp3) is 0.571. The Morgan fingerprint density at radius 3 is 2.90 bits per heavy atom. The lowest BCUT2D eigenvalue weighted by atomic mass is 10.2. The normalized spacial score (nSPS) is 19.6. The van der Waals surface area contributed by atoms with Crippen molar-refractivity contribution in [3.63, 3.8) is 0 Å². The zero-order chi connectivity index (χ0) is 15.3. The van der Waals surface area contributed by atoms with Crippen LogP contribution >= 0.6 is 11.8 Å². The maximum absolute atomic E-state index is 13.7. The van der Waals surface area contributed by atoms with E-state index in [0.717, 1.165) is 24.3 Å². The van der Waals surface area contributed by atoms with Crippen molar-refractivity contribution in [2.45, 2.75) is 37.2 Å². The van der Waals surface area contributed by atoms with Gasteiger partial charge in [0.25, 0.3) is 0 Å². The monoisotopic (exact) mass is 332 g/mol. The largest absolute Gasteiger partial charge is 0.313 e. The molecule has 1 aliphatic heterocycles. The van der Waals surface area contributed by atoms with Gasteiger partial charge >= 0.3 is 0 Å². The summed E-state index contributed by atoms with van der Waals surface area (Å²) in [5.41, 5.74) is 0.373. The third kappa shape index (κ3) is 4.67. The van der Waals surface area contributed by atoms with E-state index in [1.165, 1.54) is 18.2 Å². The van der Waals surface area contributed by atoms with E-state index in [2.05, 4.69) is 10.0 Å². The van der Waals surface area contributed by atoms with E-state index in [1.807, 2.05) is 6.92 Å². The molecule has 1 saturated heterocycles. The minimum absolute atomic E-state index is 0.0315. The van der Waals surface area contributed by atoms with Crippen molar-refractivity contribution in [2.24, 2.45) is 0 Å². The van der Waals surface area contributed by atoms with Gasteiger partial charge in [-0.2, -0.15) is 11.8 Å². The highest BCUT2D eigenvalue weighted by molar-refractivity contribution is 7.99. The molecule has 1 atom stereocenters. The van der Waals surface area contributed by atoms with Gasteiger partial charge in [-0.05, 0) is 43.3 Å². The molecule has 118 valence electrons. The van der Waals surface area contributed by atoms with Gasteiger partial charge in [0, 0.05) is 23.9 Å². The molecule has 0 radical (unpaired) electrons. The summed E-state index contributed by atoms with van der Waals surface area (Å²) in [6.45, 7) is 2.94. The summed E-state index contributed by atoms with van der Waals surface area (Å²) in [6.07, 6.45) is 1.88. The van der Waals surface area contributed by atoms with Gasteiger partial charge in [0.1, 0.15) is 5.82 Å². The van der Waals surface area contributed by atoms with Crippen LogP contribution in [0.25, 0.3) is 0 Å². The summed E-state index contributed by atoms with van der Waals surface area (Å²) in [5, 5.41) is 3.01. The van der Waals surface area contributed by atoms with Crippen LogP contribution in [0.1, 0.15) is 25.3 Å². The van der Waals surface area contributed by atoms with E-state index in [1.54, 1.807) is 11.8 Å². The minimum atomic E-state index is -3.58. The van der Waals surface area contributed by atoms with Crippen LogP contribution < -0.4 is 10.0 Å². The molecule has 1 fully saturated rings. The van der Waals surface area contributed by atoms with Crippen molar-refractivity contribution in [3.05, 3.63) is 29.6 Å². The number of halogens is 1. The van der Waals surface area contributed by atoms with Crippen LogP contribution in [0.2, 0.25) is 0 Å². The van der Waals surface area contributed by atoms with Crippen LogP contribution in [-0.2, 0) is 16.6 Å². The first-order valence-corrected chi connectivity index (χ1v) is 9.76. The molecule has 1 unspecified atom stereocenters. The fourth-order valence-electron chi connectivity index (χ4n) is 2.23. The second kappa shape index (κ2) is 7.58. The topological polar surface area (TPSA) is 58.2 Å². The molecule has 2 rings (SSSR count). The molecule has 1 heterocycles. The Labute approximate surface area is 129 Å². The van der Waals surface area contributed by atoms with E-state index in [4.69, 9.17) is 0 Å². The highest BCUT2D eigenvalue weighted by Gasteiger charge is 2.22. The summed E-state index contributed by atoms with van der Waals surface area (Å²) < 4.78 is 41.2. The predicted molar refractivity (Wildman–Crippen MR) is 84.4 cm³/mol. The molecule has 2 N–H and O–H groups in total. The zero-order valence-corrected chi connectivity index (χ0v) is 13.7. The van der Waals surface area contributed by atoms with Gasteiger partial charge in [0.05, 0.1) is 4.90 Å². The van der Waals surface area contributed by atoms with Crippen molar-refractivity contribution in [2.75, 3.05) is 18.1 Å². The Bertz CT molecular complexity index is 572. The Hall–Kier alpha value is -0.630. The van der Waals surface area contributed by atoms with E-state index in [9.17, 15) is 12.8 Å². The van der Waals surface area contributed by atoms with Gasteiger partial charge < -0.3 is 5.32 Å². The van der Waals surface area contributed by atoms with Gasteiger partial charge in [-0.1, -0.05) is 6.92 Å². The maximum Gasteiger partial charge on any atom is 0.240 e. The molecule has 1 aromatic carbocycles. The Balaban J connectivity index is 2.14. The number of hydrogen-bond acceptors (Lipinski definition) is 4. The summed E-state index contributed by atoms with van der Waals surface area (Å²) in [7, 11) is -3.58. The summed E-state index contributed by atoms with van der Waals surface area (Å²) in [6, 6.07) is 3.92. The number of nitrogens with one attached hydrogen (secondary N) is 2. The number of hydrogen-bond donors (Lipinski definition) is 2. The van der Waals surface area contributed by atoms with Crippen molar-refractivity contribution in [3.8, 4) is 0 Å². The number of benzene rings is 1. The second-order valence-electron chi connectivity index (χ2n) is 5.07.